The van der Waals surface area contributed by atoms with E-state index in [0.29, 0.717) is 11.4 Å². The lowest BCUT2D eigenvalue weighted by Gasteiger charge is -2.03. The van der Waals surface area contributed by atoms with Crippen molar-refractivity contribution in [2.45, 2.75) is 19.4 Å². The number of pyridine rings is 1. The fourth-order valence-corrected chi connectivity index (χ4v) is 1.05. The number of rotatable bonds is 2. The number of hydrogen-bond acceptors (Lipinski definition) is 2. The zero-order valence-electron chi connectivity index (χ0n) is 6.29. The first-order chi connectivity index (χ1) is 5.20. The summed E-state index contributed by atoms with van der Waals surface area (Å²) in [6.45, 7) is 1.71. The van der Waals surface area contributed by atoms with Gasteiger partial charge in [-0.3, -0.25) is 4.98 Å². The number of halogens is 1. The van der Waals surface area contributed by atoms with Crippen LogP contribution in [0.2, 0.25) is 5.02 Å². The quantitative estimate of drug-likeness (QED) is 0.734. The van der Waals surface area contributed by atoms with E-state index in [0.717, 1.165) is 5.69 Å². The third kappa shape index (κ3) is 2.48. The Labute approximate surface area is 70.8 Å². The van der Waals surface area contributed by atoms with Crippen molar-refractivity contribution < 1.29 is 5.11 Å². The smallest absolute Gasteiger partial charge is 0.0622 e. The number of nitrogens with zero attached hydrogens (tertiary/aromatic N) is 1. The summed E-state index contributed by atoms with van der Waals surface area (Å²) in [5.41, 5.74) is 0.754. The molecule has 1 heterocycles. The molecule has 1 atom stereocenters. The van der Waals surface area contributed by atoms with Gasteiger partial charge in [-0.25, -0.2) is 0 Å². The SMILES string of the molecule is CC(O)Cc1ncccc1Cl. The van der Waals surface area contributed by atoms with Gasteiger partial charge < -0.3 is 5.11 Å². The van der Waals surface area contributed by atoms with E-state index in [1.54, 1.807) is 25.3 Å². The third-order valence-corrected chi connectivity index (χ3v) is 1.67. The number of hydrogen-bond donors (Lipinski definition) is 1. The molecule has 0 aliphatic heterocycles. The van der Waals surface area contributed by atoms with Gasteiger partial charge in [0.05, 0.1) is 16.8 Å². The van der Waals surface area contributed by atoms with Crippen molar-refractivity contribution >= 4 is 11.6 Å². The van der Waals surface area contributed by atoms with Crippen molar-refractivity contribution in [3.63, 3.8) is 0 Å². The molecule has 2 nitrogen and oxygen atoms in total. The minimum atomic E-state index is -0.387. The van der Waals surface area contributed by atoms with Gasteiger partial charge >= 0.3 is 0 Å². The average molecular weight is 172 g/mol. The third-order valence-electron chi connectivity index (χ3n) is 1.32. The van der Waals surface area contributed by atoms with E-state index in [1.807, 2.05) is 0 Å². The van der Waals surface area contributed by atoms with Crippen molar-refractivity contribution in [1.29, 1.82) is 0 Å². The summed E-state index contributed by atoms with van der Waals surface area (Å²) in [4.78, 5) is 4.03. The molecule has 0 amide bonds. The van der Waals surface area contributed by atoms with Crippen LogP contribution < -0.4 is 0 Å². The van der Waals surface area contributed by atoms with E-state index < -0.39 is 0 Å². The van der Waals surface area contributed by atoms with Crippen molar-refractivity contribution in [2.24, 2.45) is 0 Å². The molecule has 1 rings (SSSR count). The number of aromatic nitrogens is 1. The molecule has 0 spiro atoms. The molecule has 60 valence electrons. The Bertz CT molecular complexity index is 237. The van der Waals surface area contributed by atoms with Crippen molar-refractivity contribution in [3.05, 3.63) is 29.0 Å². The van der Waals surface area contributed by atoms with Gasteiger partial charge in [-0.15, -0.1) is 0 Å². The Balaban J connectivity index is 2.78. The van der Waals surface area contributed by atoms with Gasteiger partial charge in [0.25, 0.3) is 0 Å². The van der Waals surface area contributed by atoms with Crippen molar-refractivity contribution in [1.82, 2.24) is 4.98 Å². The van der Waals surface area contributed by atoms with Crippen LogP contribution in [0.15, 0.2) is 18.3 Å². The standard InChI is InChI=1S/C8H10ClNO/c1-6(11)5-8-7(9)3-2-4-10-8/h2-4,6,11H,5H2,1H3. The summed E-state index contributed by atoms with van der Waals surface area (Å²) in [5.74, 6) is 0. The minimum Gasteiger partial charge on any atom is -0.393 e. The van der Waals surface area contributed by atoms with Gasteiger partial charge in [0.15, 0.2) is 0 Å². The molecule has 0 saturated heterocycles. The van der Waals surface area contributed by atoms with E-state index in [2.05, 4.69) is 4.98 Å². The molecule has 1 aromatic rings. The Morgan fingerprint density at radius 3 is 3.00 bits per heavy atom. The Morgan fingerprint density at radius 1 is 1.73 bits per heavy atom. The molecular weight excluding hydrogens is 162 g/mol. The van der Waals surface area contributed by atoms with Crippen LogP contribution in [-0.2, 0) is 6.42 Å². The fourth-order valence-electron chi connectivity index (χ4n) is 0.848. The van der Waals surface area contributed by atoms with Crippen LogP contribution in [-0.4, -0.2) is 16.2 Å². The van der Waals surface area contributed by atoms with Gasteiger partial charge in [0.2, 0.25) is 0 Å². The van der Waals surface area contributed by atoms with E-state index in [-0.39, 0.29) is 6.10 Å². The summed E-state index contributed by atoms with van der Waals surface area (Å²) >= 11 is 5.79. The molecule has 0 saturated carbocycles. The molecule has 1 N–H and O–H groups in total. The first-order valence-corrected chi connectivity index (χ1v) is 3.85. The first-order valence-electron chi connectivity index (χ1n) is 3.47. The largest absolute Gasteiger partial charge is 0.393 e. The van der Waals surface area contributed by atoms with Crippen LogP contribution in [0, 0.1) is 0 Å². The van der Waals surface area contributed by atoms with Gasteiger partial charge in [-0.05, 0) is 19.1 Å². The second-order valence-corrected chi connectivity index (χ2v) is 2.89. The van der Waals surface area contributed by atoms with Gasteiger partial charge in [0, 0.05) is 12.6 Å². The van der Waals surface area contributed by atoms with E-state index >= 15 is 0 Å². The van der Waals surface area contributed by atoms with Gasteiger partial charge in [0.1, 0.15) is 0 Å². The summed E-state index contributed by atoms with van der Waals surface area (Å²) in [6, 6.07) is 3.54. The second-order valence-electron chi connectivity index (χ2n) is 2.49. The summed E-state index contributed by atoms with van der Waals surface area (Å²) < 4.78 is 0. The predicted molar refractivity (Wildman–Crippen MR) is 44.6 cm³/mol. The summed E-state index contributed by atoms with van der Waals surface area (Å²) in [7, 11) is 0. The lowest BCUT2D eigenvalue weighted by atomic mass is 10.2. The molecule has 0 fully saturated rings. The highest BCUT2D eigenvalue weighted by atomic mass is 35.5. The molecular formula is C8H10ClNO. The minimum absolute atomic E-state index is 0.387. The molecule has 1 aromatic heterocycles. The van der Waals surface area contributed by atoms with Crippen LogP contribution in [0.5, 0.6) is 0 Å². The maximum atomic E-state index is 9.03. The zero-order chi connectivity index (χ0) is 8.27. The Kier molecular flexibility index (Phi) is 2.85. The normalized spacial score (nSPS) is 13.0. The molecule has 0 aliphatic carbocycles. The summed E-state index contributed by atoms with van der Waals surface area (Å²) in [6.07, 6.45) is 1.80. The number of aliphatic hydroxyl groups is 1. The molecule has 0 aromatic carbocycles. The highest BCUT2D eigenvalue weighted by Gasteiger charge is 2.03. The predicted octanol–water partition coefficient (Wildman–Crippen LogP) is 1.66. The first kappa shape index (κ1) is 8.50. The highest BCUT2D eigenvalue weighted by molar-refractivity contribution is 6.31. The Hall–Kier alpha value is -0.600. The molecule has 0 bridgehead atoms. The van der Waals surface area contributed by atoms with Crippen LogP contribution in [0.4, 0.5) is 0 Å². The van der Waals surface area contributed by atoms with Gasteiger partial charge in [-0.1, -0.05) is 11.6 Å². The maximum absolute atomic E-state index is 9.03. The van der Waals surface area contributed by atoms with Crippen molar-refractivity contribution in [2.75, 3.05) is 0 Å². The Morgan fingerprint density at radius 2 is 2.45 bits per heavy atom. The van der Waals surface area contributed by atoms with Crippen LogP contribution in [0.25, 0.3) is 0 Å². The topological polar surface area (TPSA) is 33.1 Å². The molecule has 3 heteroatoms. The average Bonchev–Trinajstić information content (AvgIpc) is 1.93. The van der Waals surface area contributed by atoms with Crippen LogP contribution in [0.1, 0.15) is 12.6 Å². The molecule has 0 radical (unpaired) electrons. The van der Waals surface area contributed by atoms with E-state index in [4.69, 9.17) is 16.7 Å². The maximum Gasteiger partial charge on any atom is 0.0622 e. The van der Waals surface area contributed by atoms with Crippen LogP contribution in [0.3, 0.4) is 0 Å². The monoisotopic (exact) mass is 171 g/mol. The highest BCUT2D eigenvalue weighted by Crippen LogP contribution is 2.13. The lowest BCUT2D eigenvalue weighted by molar-refractivity contribution is 0.194. The molecule has 0 aliphatic rings. The van der Waals surface area contributed by atoms with E-state index in [1.165, 1.54) is 0 Å². The second kappa shape index (κ2) is 3.69. The van der Waals surface area contributed by atoms with Crippen LogP contribution >= 0.6 is 11.6 Å². The lowest BCUT2D eigenvalue weighted by Crippen LogP contribution is -2.05. The van der Waals surface area contributed by atoms with Gasteiger partial charge in [-0.2, -0.15) is 0 Å². The zero-order valence-corrected chi connectivity index (χ0v) is 7.04. The van der Waals surface area contributed by atoms with E-state index in [9.17, 15) is 0 Å². The fraction of sp³-hybridized carbons (Fsp3) is 0.375. The summed E-state index contributed by atoms with van der Waals surface area (Å²) in [5, 5.41) is 9.65. The molecule has 1 unspecified atom stereocenters. The number of aliphatic hydroxyl groups excluding tert-OH is 1. The van der Waals surface area contributed by atoms with Crippen molar-refractivity contribution in [3.8, 4) is 0 Å². The molecule has 11 heavy (non-hydrogen) atoms.